The molecule has 0 aliphatic heterocycles. The molecule has 0 heterocycles. The van der Waals surface area contributed by atoms with E-state index in [1.807, 2.05) is 84.9 Å². The van der Waals surface area contributed by atoms with Crippen LogP contribution in [-0.4, -0.2) is 29.9 Å². The van der Waals surface area contributed by atoms with Crippen LogP contribution in [0.2, 0.25) is 0 Å². The first kappa shape index (κ1) is 27.6. The van der Waals surface area contributed by atoms with Gasteiger partial charge in [0.25, 0.3) is 0 Å². The number of halogens is 1. The molecule has 0 radical (unpaired) electrons. The number of rotatable bonds is 12. The van der Waals surface area contributed by atoms with Gasteiger partial charge in [-0.15, -0.1) is 0 Å². The van der Waals surface area contributed by atoms with E-state index >= 15 is 0 Å². The van der Waals surface area contributed by atoms with E-state index in [1.165, 1.54) is 12.1 Å². The van der Waals surface area contributed by atoms with Gasteiger partial charge in [-0.3, -0.25) is 9.59 Å². The summed E-state index contributed by atoms with van der Waals surface area (Å²) >= 11 is 0. The molecule has 0 aliphatic rings. The molecule has 0 bridgehead atoms. The molecule has 5 nitrogen and oxygen atoms in total. The lowest BCUT2D eigenvalue weighted by Crippen LogP contribution is -2.50. The van der Waals surface area contributed by atoms with Crippen LogP contribution in [0.4, 0.5) is 4.39 Å². The van der Waals surface area contributed by atoms with Crippen molar-refractivity contribution in [3.8, 4) is 5.75 Å². The van der Waals surface area contributed by atoms with E-state index in [0.29, 0.717) is 19.4 Å². The summed E-state index contributed by atoms with van der Waals surface area (Å²) in [4.78, 5) is 29.1. The second-order valence-electron chi connectivity index (χ2n) is 9.41. The number of carbonyl (C=O) groups excluding carboxylic acids is 2. The first-order valence-electron chi connectivity index (χ1n) is 13.0. The van der Waals surface area contributed by atoms with E-state index in [4.69, 9.17) is 4.74 Å². The minimum atomic E-state index is -0.751. The smallest absolute Gasteiger partial charge is 0.243 e. The summed E-state index contributed by atoms with van der Waals surface area (Å²) < 4.78 is 18.8. The Kier molecular flexibility index (Phi) is 9.84. The van der Waals surface area contributed by atoms with Crippen LogP contribution >= 0.6 is 0 Å². The number of benzene rings is 4. The second kappa shape index (κ2) is 13.9. The van der Waals surface area contributed by atoms with Gasteiger partial charge in [-0.2, -0.15) is 0 Å². The van der Waals surface area contributed by atoms with Crippen LogP contribution in [0.3, 0.4) is 0 Å². The molecule has 0 spiro atoms. The quantitative estimate of drug-likeness (QED) is 0.258. The maximum Gasteiger partial charge on any atom is 0.243 e. The lowest BCUT2D eigenvalue weighted by atomic mass is 10.0. The third kappa shape index (κ3) is 8.27. The SMILES string of the molecule is COc1ccc(CNC(=O)C(Cc2ccccc2)N(Cc2ccc(F)cc2)C(=O)CCc2ccccc2)cc1. The molecule has 200 valence electrons. The van der Waals surface area contributed by atoms with Crippen molar-refractivity contribution in [2.45, 2.75) is 38.4 Å². The predicted molar refractivity (Wildman–Crippen MR) is 150 cm³/mol. The molecule has 1 atom stereocenters. The van der Waals surface area contributed by atoms with Crippen molar-refractivity contribution >= 4 is 11.8 Å². The van der Waals surface area contributed by atoms with Gasteiger partial charge >= 0.3 is 0 Å². The molecule has 0 saturated heterocycles. The number of ether oxygens (including phenoxy) is 1. The van der Waals surface area contributed by atoms with E-state index in [2.05, 4.69) is 5.32 Å². The fourth-order valence-electron chi connectivity index (χ4n) is 4.43. The van der Waals surface area contributed by atoms with Crippen molar-refractivity contribution in [2.24, 2.45) is 0 Å². The van der Waals surface area contributed by atoms with Gasteiger partial charge in [-0.25, -0.2) is 4.39 Å². The number of hydrogen-bond donors (Lipinski definition) is 1. The molecule has 0 aliphatic carbocycles. The first-order chi connectivity index (χ1) is 19.0. The highest BCUT2D eigenvalue weighted by Gasteiger charge is 2.30. The number of nitrogens with one attached hydrogen (secondary N) is 1. The Morgan fingerprint density at radius 1 is 0.769 bits per heavy atom. The average Bonchev–Trinajstić information content (AvgIpc) is 2.98. The van der Waals surface area contributed by atoms with E-state index in [-0.39, 0.29) is 30.6 Å². The molecular weight excluding hydrogens is 491 g/mol. The standard InChI is InChI=1S/C33H33FN2O3/c1-39-30-19-14-27(15-20-30)23-35-33(38)31(22-26-10-6-3-7-11-26)36(24-28-12-17-29(34)18-13-28)32(37)21-16-25-8-4-2-5-9-25/h2-15,17-20,31H,16,21-24H2,1H3,(H,35,38). The Bertz CT molecular complexity index is 1330. The summed E-state index contributed by atoms with van der Waals surface area (Å²) in [7, 11) is 1.61. The maximum absolute atomic E-state index is 13.7. The van der Waals surface area contributed by atoms with Crippen molar-refractivity contribution in [2.75, 3.05) is 7.11 Å². The fraction of sp³-hybridized carbons (Fsp3) is 0.212. The van der Waals surface area contributed by atoms with Crippen LogP contribution in [0.15, 0.2) is 109 Å². The molecular formula is C33H33FN2O3. The molecule has 1 N–H and O–H groups in total. The van der Waals surface area contributed by atoms with Crippen molar-refractivity contribution in [3.63, 3.8) is 0 Å². The Hall–Kier alpha value is -4.45. The molecule has 0 aromatic heterocycles. The zero-order valence-corrected chi connectivity index (χ0v) is 22.1. The number of amides is 2. The highest BCUT2D eigenvalue weighted by molar-refractivity contribution is 5.88. The Labute approximate surface area is 229 Å². The third-order valence-electron chi connectivity index (χ3n) is 6.63. The molecule has 4 aromatic rings. The lowest BCUT2D eigenvalue weighted by molar-refractivity contribution is -0.141. The summed E-state index contributed by atoms with van der Waals surface area (Å²) in [5, 5.41) is 3.03. The summed E-state index contributed by atoms with van der Waals surface area (Å²) in [6, 6.07) is 32.3. The van der Waals surface area contributed by atoms with Crippen molar-refractivity contribution in [1.82, 2.24) is 10.2 Å². The summed E-state index contributed by atoms with van der Waals surface area (Å²) in [6.45, 7) is 0.512. The molecule has 0 fully saturated rings. The molecule has 4 rings (SSSR count). The Balaban J connectivity index is 1.59. The number of aryl methyl sites for hydroxylation is 1. The van der Waals surface area contributed by atoms with Crippen molar-refractivity contribution < 1.29 is 18.7 Å². The zero-order chi connectivity index (χ0) is 27.5. The largest absolute Gasteiger partial charge is 0.497 e. The van der Waals surface area contributed by atoms with Crippen LogP contribution < -0.4 is 10.1 Å². The minimum Gasteiger partial charge on any atom is -0.497 e. The minimum absolute atomic E-state index is 0.135. The van der Waals surface area contributed by atoms with Crippen LogP contribution in [0.1, 0.15) is 28.7 Å². The van der Waals surface area contributed by atoms with Crippen molar-refractivity contribution in [3.05, 3.63) is 137 Å². The zero-order valence-electron chi connectivity index (χ0n) is 22.1. The summed E-state index contributed by atoms with van der Waals surface area (Å²) in [5.41, 5.74) is 3.67. The molecule has 4 aromatic carbocycles. The Morgan fingerprint density at radius 3 is 1.97 bits per heavy atom. The Morgan fingerprint density at radius 2 is 1.36 bits per heavy atom. The first-order valence-corrected chi connectivity index (χ1v) is 13.0. The van der Waals surface area contributed by atoms with Gasteiger partial charge in [-0.1, -0.05) is 84.9 Å². The van der Waals surface area contributed by atoms with Gasteiger partial charge in [0, 0.05) is 25.9 Å². The van der Waals surface area contributed by atoms with Crippen molar-refractivity contribution in [1.29, 1.82) is 0 Å². The maximum atomic E-state index is 13.7. The fourth-order valence-corrected chi connectivity index (χ4v) is 4.43. The van der Waals surface area contributed by atoms with Gasteiger partial charge in [0.1, 0.15) is 17.6 Å². The molecule has 0 saturated carbocycles. The molecule has 2 amide bonds. The van der Waals surface area contributed by atoms with E-state index in [1.54, 1.807) is 24.1 Å². The molecule has 6 heteroatoms. The lowest BCUT2D eigenvalue weighted by Gasteiger charge is -2.32. The predicted octanol–water partition coefficient (Wildman–Crippen LogP) is 5.72. The van der Waals surface area contributed by atoms with E-state index in [9.17, 15) is 14.0 Å². The van der Waals surface area contributed by atoms with Crippen LogP contribution in [0.5, 0.6) is 5.75 Å². The number of methoxy groups -OCH3 is 1. The highest BCUT2D eigenvalue weighted by Crippen LogP contribution is 2.18. The van der Waals surface area contributed by atoms with Gasteiger partial charge in [-0.05, 0) is 52.9 Å². The monoisotopic (exact) mass is 524 g/mol. The summed E-state index contributed by atoms with van der Waals surface area (Å²) in [6.07, 6.45) is 1.17. The number of hydrogen-bond acceptors (Lipinski definition) is 3. The molecule has 39 heavy (non-hydrogen) atoms. The van der Waals surface area contributed by atoms with Crippen LogP contribution in [-0.2, 0) is 35.5 Å². The van der Waals surface area contributed by atoms with Gasteiger partial charge in [0.2, 0.25) is 11.8 Å². The van der Waals surface area contributed by atoms with Gasteiger partial charge in [0.15, 0.2) is 0 Å². The highest BCUT2D eigenvalue weighted by atomic mass is 19.1. The average molecular weight is 525 g/mol. The third-order valence-corrected chi connectivity index (χ3v) is 6.63. The molecule has 1 unspecified atom stereocenters. The number of nitrogens with zero attached hydrogens (tertiary/aromatic N) is 1. The summed E-state index contributed by atoms with van der Waals surface area (Å²) in [5.74, 6) is 0.00819. The van der Waals surface area contributed by atoms with Gasteiger partial charge in [0.05, 0.1) is 7.11 Å². The van der Waals surface area contributed by atoms with Gasteiger partial charge < -0.3 is 15.0 Å². The second-order valence-corrected chi connectivity index (χ2v) is 9.41. The van der Waals surface area contributed by atoms with Crippen LogP contribution in [0.25, 0.3) is 0 Å². The van der Waals surface area contributed by atoms with E-state index in [0.717, 1.165) is 28.0 Å². The normalized spacial score (nSPS) is 11.4. The number of carbonyl (C=O) groups is 2. The van der Waals surface area contributed by atoms with E-state index < -0.39 is 6.04 Å². The topological polar surface area (TPSA) is 58.6 Å². The van der Waals surface area contributed by atoms with Crippen LogP contribution in [0, 0.1) is 5.82 Å².